The topological polar surface area (TPSA) is 87.5 Å². The Labute approximate surface area is 167 Å². The summed E-state index contributed by atoms with van der Waals surface area (Å²) in [4.78, 5) is 25.6. The fourth-order valence-corrected chi connectivity index (χ4v) is 3.71. The third-order valence-corrected chi connectivity index (χ3v) is 4.77. The van der Waals surface area contributed by atoms with Crippen LogP contribution in [0.25, 0.3) is 0 Å². The van der Waals surface area contributed by atoms with Gasteiger partial charge >= 0.3 is 0 Å². The van der Waals surface area contributed by atoms with E-state index in [1.807, 2.05) is 13.8 Å². The molecule has 2 unspecified atom stereocenters. The van der Waals surface area contributed by atoms with Gasteiger partial charge in [-0.15, -0.1) is 12.4 Å². The van der Waals surface area contributed by atoms with Crippen LogP contribution < -0.4 is 15.5 Å². The molecule has 1 aromatic carbocycles. The SMILES string of the molecule is CCN[C@H](C)CNC(=O)c1ccc(N2CC(C)CC(C)C2)c([N+](=O)[O-])c1.Cl. The number of likely N-dealkylation sites (N-methyl/N-ethyl adjacent to an activating group) is 1. The second-order valence-electron chi connectivity index (χ2n) is 7.48. The fraction of sp³-hybridized carbons (Fsp3) is 0.632. The summed E-state index contributed by atoms with van der Waals surface area (Å²) in [6.07, 6.45) is 1.13. The Hall–Kier alpha value is -1.86. The summed E-state index contributed by atoms with van der Waals surface area (Å²) >= 11 is 0. The zero-order valence-corrected chi connectivity index (χ0v) is 17.3. The molecule has 0 spiro atoms. The molecule has 1 aliphatic heterocycles. The van der Waals surface area contributed by atoms with Gasteiger partial charge in [0, 0.05) is 37.3 Å². The van der Waals surface area contributed by atoms with Gasteiger partial charge in [0.1, 0.15) is 5.69 Å². The minimum Gasteiger partial charge on any atom is -0.365 e. The lowest BCUT2D eigenvalue weighted by atomic mass is 9.91. The van der Waals surface area contributed by atoms with E-state index in [9.17, 15) is 14.9 Å². The van der Waals surface area contributed by atoms with Gasteiger partial charge in [0.25, 0.3) is 11.6 Å². The number of anilines is 1. The number of carbonyl (C=O) groups excluding carboxylic acids is 1. The number of piperidine rings is 1. The van der Waals surface area contributed by atoms with E-state index < -0.39 is 4.92 Å². The molecule has 152 valence electrons. The van der Waals surface area contributed by atoms with Gasteiger partial charge in [0.05, 0.1) is 4.92 Å². The average molecular weight is 399 g/mol. The normalized spacial score (nSPS) is 20.5. The molecule has 27 heavy (non-hydrogen) atoms. The lowest BCUT2D eigenvalue weighted by Gasteiger charge is -2.36. The Morgan fingerprint density at radius 2 is 1.96 bits per heavy atom. The van der Waals surface area contributed by atoms with Crippen molar-refractivity contribution in [3.05, 3.63) is 33.9 Å². The first-order chi connectivity index (χ1) is 12.3. The summed E-state index contributed by atoms with van der Waals surface area (Å²) in [7, 11) is 0. The van der Waals surface area contributed by atoms with Crippen molar-refractivity contribution < 1.29 is 9.72 Å². The Balaban J connectivity index is 0.00000364. The van der Waals surface area contributed by atoms with E-state index in [1.54, 1.807) is 12.1 Å². The van der Waals surface area contributed by atoms with Crippen molar-refractivity contribution in [3.63, 3.8) is 0 Å². The molecule has 0 bridgehead atoms. The summed E-state index contributed by atoms with van der Waals surface area (Å²) in [6, 6.07) is 4.94. The second kappa shape index (κ2) is 10.5. The molecule has 0 saturated carbocycles. The number of carbonyl (C=O) groups is 1. The molecular weight excluding hydrogens is 368 g/mol. The standard InChI is InChI=1S/C19H30N4O3.ClH/c1-5-20-15(4)10-21-19(24)16-6-7-17(18(9-16)23(25)26)22-11-13(2)8-14(3)12-22;/h6-7,9,13-15,20H,5,8,10-12H2,1-4H3,(H,21,24);1H/t13?,14?,15-;/m1./s1. The molecule has 1 fully saturated rings. The summed E-state index contributed by atoms with van der Waals surface area (Å²) < 4.78 is 0. The minimum atomic E-state index is -0.392. The van der Waals surface area contributed by atoms with Gasteiger partial charge in [-0.1, -0.05) is 20.8 Å². The molecule has 1 aliphatic rings. The van der Waals surface area contributed by atoms with E-state index in [4.69, 9.17) is 0 Å². The number of halogens is 1. The molecule has 2 rings (SSSR count). The van der Waals surface area contributed by atoms with Crippen LogP contribution in [0.1, 0.15) is 44.5 Å². The van der Waals surface area contributed by atoms with Crippen molar-refractivity contribution in [2.24, 2.45) is 11.8 Å². The van der Waals surface area contributed by atoms with Crippen LogP contribution in [0, 0.1) is 22.0 Å². The number of rotatable bonds is 7. The number of nitro benzene ring substituents is 1. The van der Waals surface area contributed by atoms with Crippen molar-refractivity contribution in [1.29, 1.82) is 0 Å². The van der Waals surface area contributed by atoms with E-state index in [0.29, 0.717) is 29.6 Å². The Morgan fingerprint density at radius 3 is 2.52 bits per heavy atom. The Kier molecular flexibility index (Phi) is 8.99. The van der Waals surface area contributed by atoms with Crippen LogP contribution in [0.5, 0.6) is 0 Å². The highest BCUT2D eigenvalue weighted by atomic mass is 35.5. The molecule has 1 amide bonds. The number of nitrogens with zero attached hydrogens (tertiary/aromatic N) is 2. The van der Waals surface area contributed by atoms with Crippen LogP contribution in [0.4, 0.5) is 11.4 Å². The zero-order valence-electron chi connectivity index (χ0n) is 16.5. The van der Waals surface area contributed by atoms with E-state index >= 15 is 0 Å². The van der Waals surface area contributed by atoms with Gasteiger partial charge in [-0.3, -0.25) is 14.9 Å². The van der Waals surface area contributed by atoms with Crippen molar-refractivity contribution in [2.75, 3.05) is 31.1 Å². The maximum Gasteiger partial charge on any atom is 0.293 e. The van der Waals surface area contributed by atoms with Crippen molar-refractivity contribution in [3.8, 4) is 0 Å². The monoisotopic (exact) mass is 398 g/mol. The molecule has 2 N–H and O–H groups in total. The number of hydrogen-bond acceptors (Lipinski definition) is 5. The molecule has 7 nitrogen and oxygen atoms in total. The van der Waals surface area contributed by atoms with Gasteiger partial charge < -0.3 is 15.5 Å². The predicted octanol–water partition coefficient (Wildman–Crippen LogP) is 3.23. The zero-order chi connectivity index (χ0) is 19.3. The highest BCUT2D eigenvalue weighted by molar-refractivity contribution is 5.95. The Morgan fingerprint density at radius 1 is 1.33 bits per heavy atom. The van der Waals surface area contributed by atoms with Crippen molar-refractivity contribution in [2.45, 2.75) is 40.2 Å². The van der Waals surface area contributed by atoms with E-state index in [1.165, 1.54) is 6.07 Å². The molecule has 0 aromatic heterocycles. The van der Waals surface area contributed by atoms with Crippen LogP contribution in [0.3, 0.4) is 0 Å². The summed E-state index contributed by atoms with van der Waals surface area (Å²) in [5.74, 6) is 0.701. The van der Waals surface area contributed by atoms with Crippen molar-refractivity contribution in [1.82, 2.24) is 10.6 Å². The van der Waals surface area contributed by atoms with E-state index in [2.05, 4.69) is 29.4 Å². The summed E-state index contributed by atoms with van der Waals surface area (Å²) in [5.41, 5.74) is 0.923. The predicted molar refractivity (Wildman–Crippen MR) is 111 cm³/mol. The first kappa shape index (κ1) is 23.2. The van der Waals surface area contributed by atoms with Crippen LogP contribution in [0.2, 0.25) is 0 Å². The number of hydrogen-bond donors (Lipinski definition) is 2. The molecule has 1 heterocycles. The molecule has 3 atom stereocenters. The third kappa shape index (κ3) is 6.36. The first-order valence-electron chi connectivity index (χ1n) is 9.36. The molecule has 1 aromatic rings. The maximum absolute atomic E-state index is 12.3. The van der Waals surface area contributed by atoms with Gasteiger partial charge in [-0.05, 0) is 43.9 Å². The van der Waals surface area contributed by atoms with Crippen LogP contribution >= 0.6 is 12.4 Å². The first-order valence-corrected chi connectivity index (χ1v) is 9.36. The molecular formula is C19H31ClN4O3. The molecule has 0 aliphatic carbocycles. The molecule has 0 radical (unpaired) electrons. The highest BCUT2D eigenvalue weighted by Crippen LogP contribution is 2.33. The largest absolute Gasteiger partial charge is 0.365 e. The van der Waals surface area contributed by atoms with E-state index in [-0.39, 0.29) is 30.0 Å². The third-order valence-electron chi connectivity index (χ3n) is 4.77. The fourth-order valence-electron chi connectivity index (χ4n) is 3.71. The number of benzene rings is 1. The van der Waals surface area contributed by atoms with Gasteiger partial charge in [0.15, 0.2) is 0 Å². The van der Waals surface area contributed by atoms with Gasteiger partial charge in [-0.25, -0.2) is 0 Å². The van der Waals surface area contributed by atoms with Crippen LogP contribution in [-0.4, -0.2) is 43.1 Å². The van der Waals surface area contributed by atoms with E-state index in [0.717, 1.165) is 26.1 Å². The maximum atomic E-state index is 12.3. The quantitative estimate of drug-likeness (QED) is 0.543. The Bertz CT molecular complexity index is 646. The minimum absolute atomic E-state index is 0. The van der Waals surface area contributed by atoms with Gasteiger partial charge in [0.2, 0.25) is 0 Å². The smallest absolute Gasteiger partial charge is 0.293 e. The summed E-state index contributed by atoms with van der Waals surface area (Å²) in [6.45, 7) is 11.2. The second-order valence-corrected chi connectivity index (χ2v) is 7.48. The molecule has 1 saturated heterocycles. The average Bonchev–Trinajstić information content (AvgIpc) is 2.58. The van der Waals surface area contributed by atoms with Crippen LogP contribution in [-0.2, 0) is 0 Å². The number of nitrogens with one attached hydrogen (secondary N) is 2. The lowest BCUT2D eigenvalue weighted by molar-refractivity contribution is -0.384. The molecule has 8 heteroatoms. The summed E-state index contributed by atoms with van der Waals surface area (Å²) in [5, 5.41) is 17.6. The number of amides is 1. The van der Waals surface area contributed by atoms with Crippen molar-refractivity contribution >= 4 is 29.7 Å². The number of nitro groups is 1. The highest BCUT2D eigenvalue weighted by Gasteiger charge is 2.27. The lowest BCUT2D eigenvalue weighted by Crippen LogP contribution is -2.39. The van der Waals surface area contributed by atoms with Crippen LogP contribution in [0.15, 0.2) is 18.2 Å². The van der Waals surface area contributed by atoms with Gasteiger partial charge in [-0.2, -0.15) is 0 Å².